The summed E-state index contributed by atoms with van der Waals surface area (Å²) >= 11 is 1.40. The molecule has 1 amide bonds. The summed E-state index contributed by atoms with van der Waals surface area (Å²) in [6.07, 6.45) is -0.325. The van der Waals surface area contributed by atoms with Crippen LogP contribution in [0.2, 0.25) is 0 Å². The van der Waals surface area contributed by atoms with Gasteiger partial charge in [0.25, 0.3) is 0 Å². The summed E-state index contributed by atoms with van der Waals surface area (Å²) in [4.78, 5) is 12.8. The minimum Gasteiger partial charge on any atom is -0.497 e. The van der Waals surface area contributed by atoms with Crippen LogP contribution in [0.3, 0.4) is 0 Å². The first kappa shape index (κ1) is 24.6. The van der Waals surface area contributed by atoms with Crippen LogP contribution >= 0.6 is 11.8 Å². The number of ether oxygens (including phenoxy) is 2. The van der Waals surface area contributed by atoms with Gasteiger partial charge in [-0.1, -0.05) is 49.9 Å². The van der Waals surface area contributed by atoms with Crippen molar-refractivity contribution in [3.8, 4) is 11.5 Å². The van der Waals surface area contributed by atoms with Crippen molar-refractivity contribution in [3.05, 3.63) is 59.9 Å². The number of rotatable bonds is 10. The maximum Gasteiger partial charge on any atom is 0.237 e. The van der Waals surface area contributed by atoms with Crippen molar-refractivity contribution in [3.63, 3.8) is 0 Å². The Morgan fingerprint density at radius 1 is 1.06 bits per heavy atom. The Morgan fingerprint density at radius 3 is 2.48 bits per heavy atom. The average Bonchev–Trinajstić information content (AvgIpc) is 3.16. The number of carbonyl (C=O) groups excluding carboxylic acids is 1. The molecule has 0 saturated heterocycles. The molecule has 1 heterocycles. The number of anilines is 1. The summed E-state index contributed by atoms with van der Waals surface area (Å²) in [6.45, 7) is 10.8. The number of nitrogens with zero attached hydrogens (tertiary/aromatic N) is 3. The van der Waals surface area contributed by atoms with Gasteiger partial charge in [-0.2, -0.15) is 0 Å². The first-order valence-electron chi connectivity index (χ1n) is 11.1. The zero-order chi connectivity index (χ0) is 24.0. The minimum atomic E-state index is -0.345. The molecule has 0 saturated carbocycles. The van der Waals surface area contributed by atoms with E-state index in [1.165, 1.54) is 11.8 Å². The van der Waals surface area contributed by atoms with E-state index in [1.807, 2.05) is 69.3 Å². The van der Waals surface area contributed by atoms with Gasteiger partial charge >= 0.3 is 0 Å². The van der Waals surface area contributed by atoms with Gasteiger partial charge in [-0.3, -0.25) is 4.79 Å². The molecule has 3 aromatic rings. The van der Waals surface area contributed by atoms with Gasteiger partial charge < -0.3 is 19.4 Å². The van der Waals surface area contributed by atoms with Gasteiger partial charge in [-0.15, -0.1) is 10.2 Å². The maximum absolute atomic E-state index is 12.8. The van der Waals surface area contributed by atoms with Crippen LogP contribution in [0.4, 0.5) is 5.69 Å². The highest BCUT2D eigenvalue weighted by Crippen LogP contribution is 2.29. The Bertz CT molecular complexity index is 1080. The van der Waals surface area contributed by atoms with E-state index in [0.717, 1.165) is 29.4 Å². The molecule has 0 radical (unpaired) electrons. The van der Waals surface area contributed by atoms with E-state index in [2.05, 4.69) is 33.9 Å². The Hall–Kier alpha value is -3.00. The van der Waals surface area contributed by atoms with Gasteiger partial charge in [0.1, 0.15) is 11.5 Å². The molecule has 0 aliphatic carbocycles. The standard InChI is InChI=1S/C25H32N4O3S/c1-16(2)15-29-23(18(4)32-21-12-9-11-20(14-21)31-6)27-28-25(29)33-19(5)24(30)26-22-13-8-7-10-17(22)3/h7-14,16,18-19H,15H2,1-6H3,(H,26,30). The third-order valence-electron chi connectivity index (χ3n) is 5.07. The average molecular weight is 469 g/mol. The Balaban J connectivity index is 1.76. The van der Waals surface area contributed by atoms with Crippen molar-refractivity contribution in [2.45, 2.75) is 57.7 Å². The fourth-order valence-electron chi connectivity index (χ4n) is 3.32. The lowest BCUT2D eigenvalue weighted by Gasteiger charge is -2.19. The van der Waals surface area contributed by atoms with E-state index in [9.17, 15) is 4.79 Å². The number of benzene rings is 2. The number of aryl methyl sites for hydroxylation is 1. The fraction of sp³-hybridized carbons (Fsp3) is 0.400. The number of thioether (sulfide) groups is 1. The molecular weight excluding hydrogens is 436 g/mol. The molecule has 1 aromatic heterocycles. The lowest BCUT2D eigenvalue weighted by atomic mass is 10.2. The van der Waals surface area contributed by atoms with Gasteiger partial charge in [0.15, 0.2) is 17.1 Å². The van der Waals surface area contributed by atoms with Crippen LogP contribution in [-0.2, 0) is 11.3 Å². The summed E-state index contributed by atoms with van der Waals surface area (Å²) in [5, 5.41) is 12.2. The molecule has 0 aliphatic rings. The van der Waals surface area contributed by atoms with Crippen molar-refractivity contribution >= 4 is 23.4 Å². The highest BCUT2D eigenvalue weighted by Gasteiger charge is 2.24. The van der Waals surface area contributed by atoms with Crippen molar-refractivity contribution in [2.24, 2.45) is 5.92 Å². The zero-order valence-corrected chi connectivity index (χ0v) is 20.8. The highest BCUT2D eigenvalue weighted by atomic mass is 32.2. The number of nitrogens with one attached hydrogen (secondary N) is 1. The van der Waals surface area contributed by atoms with Crippen LogP contribution < -0.4 is 14.8 Å². The first-order valence-corrected chi connectivity index (χ1v) is 11.9. The molecule has 2 atom stereocenters. The molecule has 176 valence electrons. The second kappa shape index (κ2) is 11.2. The number of methoxy groups -OCH3 is 1. The number of hydrogen-bond acceptors (Lipinski definition) is 6. The second-order valence-corrected chi connectivity index (χ2v) is 9.66. The van der Waals surface area contributed by atoms with Crippen molar-refractivity contribution in [1.29, 1.82) is 0 Å². The van der Waals surface area contributed by atoms with Gasteiger partial charge in [0, 0.05) is 18.3 Å². The molecule has 0 bridgehead atoms. The summed E-state index contributed by atoms with van der Waals surface area (Å²) in [5.74, 6) is 2.45. The van der Waals surface area contributed by atoms with Crippen LogP contribution in [0.15, 0.2) is 53.7 Å². The predicted octanol–water partition coefficient (Wildman–Crippen LogP) is 5.51. The number of aromatic nitrogens is 3. The lowest BCUT2D eigenvalue weighted by Crippen LogP contribution is -2.23. The summed E-state index contributed by atoms with van der Waals surface area (Å²) in [6, 6.07) is 15.2. The third-order valence-corrected chi connectivity index (χ3v) is 6.15. The molecular formula is C25H32N4O3S. The summed E-state index contributed by atoms with van der Waals surface area (Å²) < 4.78 is 13.5. The van der Waals surface area contributed by atoms with Gasteiger partial charge in [-0.25, -0.2) is 0 Å². The smallest absolute Gasteiger partial charge is 0.237 e. The van der Waals surface area contributed by atoms with Gasteiger partial charge in [0.05, 0.1) is 12.4 Å². The molecule has 3 rings (SSSR count). The van der Waals surface area contributed by atoms with Crippen LogP contribution in [0.25, 0.3) is 0 Å². The second-order valence-electron chi connectivity index (χ2n) is 8.35. The molecule has 2 unspecified atom stereocenters. The normalized spacial score (nSPS) is 12.9. The monoisotopic (exact) mass is 468 g/mol. The van der Waals surface area contributed by atoms with E-state index in [4.69, 9.17) is 9.47 Å². The number of carbonyl (C=O) groups is 1. The van der Waals surface area contributed by atoms with E-state index in [-0.39, 0.29) is 17.3 Å². The highest BCUT2D eigenvalue weighted by molar-refractivity contribution is 8.00. The van der Waals surface area contributed by atoms with E-state index < -0.39 is 0 Å². The first-order chi connectivity index (χ1) is 15.8. The van der Waals surface area contributed by atoms with E-state index in [0.29, 0.717) is 16.8 Å². The van der Waals surface area contributed by atoms with E-state index in [1.54, 1.807) is 7.11 Å². The molecule has 33 heavy (non-hydrogen) atoms. The van der Waals surface area contributed by atoms with Crippen molar-refractivity contribution < 1.29 is 14.3 Å². The molecule has 8 heteroatoms. The van der Waals surface area contributed by atoms with Crippen LogP contribution in [0.1, 0.15) is 45.2 Å². The summed E-state index contributed by atoms with van der Waals surface area (Å²) in [7, 11) is 1.63. The predicted molar refractivity (Wildman–Crippen MR) is 132 cm³/mol. The quantitative estimate of drug-likeness (QED) is 0.395. The van der Waals surface area contributed by atoms with Crippen LogP contribution in [0, 0.1) is 12.8 Å². The molecule has 1 N–H and O–H groups in total. The minimum absolute atomic E-state index is 0.0735. The molecule has 0 spiro atoms. The van der Waals surface area contributed by atoms with Crippen molar-refractivity contribution in [1.82, 2.24) is 14.8 Å². The number of para-hydroxylation sites is 1. The van der Waals surface area contributed by atoms with Crippen LogP contribution in [0.5, 0.6) is 11.5 Å². The Morgan fingerprint density at radius 2 is 1.79 bits per heavy atom. The molecule has 2 aromatic carbocycles. The number of hydrogen-bond donors (Lipinski definition) is 1. The molecule has 7 nitrogen and oxygen atoms in total. The van der Waals surface area contributed by atoms with Crippen molar-refractivity contribution in [2.75, 3.05) is 12.4 Å². The van der Waals surface area contributed by atoms with Gasteiger partial charge in [0.2, 0.25) is 5.91 Å². The van der Waals surface area contributed by atoms with Crippen LogP contribution in [-0.4, -0.2) is 33.0 Å². The van der Waals surface area contributed by atoms with E-state index >= 15 is 0 Å². The van der Waals surface area contributed by atoms with Gasteiger partial charge in [-0.05, 0) is 50.5 Å². The zero-order valence-electron chi connectivity index (χ0n) is 20.0. The molecule has 0 aliphatic heterocycles. The Kier molecular flexibility index (Phi) is 8.38. The third kappa shape index (κ3) is 6.51. The summed E-state index contributed by atoms with van der Waals surface area (Å²) in [5.41, 5.74) is 1.84. The Labute approximate surface area is 199 Å². The molecule has 0 fully saturated rings. The topological polar surface area (TPSA) is 78.3 Å². The number of amides is 1. The largest absolute Gasteiger partial charge is 0.497 e. The fourth-order valence-corrected chi connectivity index (χ4v) is 4.18. The lowest BCUT2D eigenvalue weighted by molar-refractivity contribution is -0.115. The SMILES string of the molecule is COc1cccc(OC(C)c2nnc(SC(C)C(=O)Nc3ccccc3C)n2CC(C)C)c1. The maximum atomic E-state index is 12.8.